The van der Waals surface area contributed by atoms with E-state index in [1.807, 2.05) is 6.92 Å². The van der Waals surface area contributed by atoms with Gasteiger partial charge in [0.2, 0.25) is 5.76 Å². The van der Waals surface area contributed by atoms with Gasteiger partial charge in [-0.3, -0.25) is 0 Å². The molecule has 0 bridgehead atoms. The number of carboxylic acid groups (broad SMARTS) is 1. The van der Waals surface area contributed by atoms with Crippen LogP contribution >= 0.6 is 11.6 Å². The Balaban J connectivity index is 2.79. The summed E-state index contributed by atoms with van der Waals surface area (Å²) in [5, 5.41) is 10.3. The van der Waals surface area contributed by atoms with Crippen molar-refractivity contribution in [2.75, 3.05) is 0 Å². The number of aromatic carboxylic acids is 1. The van der Waals surface area contributed by atoms with Crippen molar-refractivity contribution in [2.24, 2.45) is 0 Å². The van der Waals surface area contributed by atoms with E-state index in [0.29, 0.717) is 22.6 Å². The second-order valence-electron chi connectivity index (χ2n) is 3.21. The Bertz CT molecular complexity index is 528. The molecule has 0 atom stereocenters. The Morgan fingerprint density at radius 1 is 1.53 bits per heavy atom. The Labute approximate surface area is 91.3 Å². The fourth-order valence-corrected chi connectivity index (χ4v) is 1.82. The standard InChI is InChI=1S/C11H9ClO3/c1-2-7-8-5-6(12)3-4-9(8)15-10(7)11(13)14/h3-5H,2H2,1H3,(H,13,14). The maximum Gasteiger partial charge on any atom is 0.372 e. The molecule has 0 aliphatic carbocycles. The van der Waals surface area contributed by atoms with Crippen LogP contribution in [0.1, 0.15) is 23.0 Å². The summed E-state index contributed by atoms with van der Waals surface area (Å²) in [4.78, 5) is 10.9. The predicted octanol–water partition coefficient (Wildman–Crippen LogP) is 3.35. The molecule has 0 spiro atoms. The molecule has 2 rings (SSSR count). The molecule has 0 saturated heterocycles. The number of halogens is 1. The van der Waals surface area contributed by atoms with E-state index in [-0.39, 0.29) is 5.76 Å². The third-order valence-electron chi connectivity index (χ3n) is 2.30. The highest BCUT2D eigenvalue weighted by Gasteiger charge is 2.18. The van der Waals surface area contributed by atoms with Gasteiger partial charge in [0.05, 0.1) is 0 Å². The lowest BCUT2D eigenvalue weighted by atomic mass is 10.1. The number of rotatable bonds is 2. The third-order valence-corrected chi connectivity index (χ3v) is 2.54. The highest BCUT2D eigenvalue weighted by atomic mass is 35.5. The second-order valence-corrected chi connectivity index (χ2v) is 3.65. The summed E-state index contributed by atoms with van der Waals surface area (Å²) < 4.78 is 5.25. The number of furan rings is 1. The van der Waals surface area contributed by atoms with Gasteiger partial charge in [-0.25, -0.2) is 4.79 Å². The van der Waals surface area contributed by atoms with E-state index >= 15 is 0 Å². The van der Waals surface area contributed by atoms with Crippen molar-refractivity contribution in [3.63, 3.8) is 0 Å². The number of carbonyl (C=O) groups is 1. The molecule has 2 aromatic rings. The Hall–Kier alpha value is -1.48. The van der Waals surface area contributed by atoms with Crippen molar-refractivity contribution in [1.82, 2.24) is 0 Å². The fraction of sp³-hybridized carbons (Fsp3) is 0.182. The minimum atomic E-state index is -1.04. The first-order valence-corrected chi connectivity index (χ1v) is 4.95. The van der Waals surface area contributed by atoms with Gasteiger partial charge in [0.25, 0.3) is 0 Å². The summed E-state index contributed by atoms with van der Waals surface area (Å²) in [5.74, 6) is -1.03. The number of benzene rings is 1. The van der Waals surface area contributed by atoms with Gasteiger partial charge < -0.3 is 9.52 Å². The van der Waals surface area contributed by atoms with E-state index in [2.05, 4.69) is 0 Å². The van der Waals surface area contributed by atoms with Crippen LogP contribution in [0.15, 0.2) is 22.6 Å². The van der Waals surface area contributed by atoms with Crippen LogP contribution in [0.5, 0.6) is 0 Å². The smallest absolute Gasteiger partial charge is 0.372 e. The number of hydrogen-bond acceptors (Lipinski definition) is 2. The molecule has 1 heterocycles. The van der Waals surface area contributed by atoms with Gasteiger partial charge >= 0.3 is 5.97 Å². The summed E-state index contributed by atoms with van der Waals surface area (Å²) in [6.45, 7) is 1.89. The van der Waals surface area contributed by atoms with E-state index in [0.717, 1.165) is 5.39 Å². The van der Waals surface area contributed by atoms with Crippen LogP contribution < -0.4 is 0 Å². The minimum Gasteiger partial charge on any atom is -0.475 e. The lowest BCUT2D eigenvalue weighted by Crippen LogP contribution is -1.97. The number of carboxylic acids is 1. The first-order valence-electron chi connectivity index (χ1n) is 4.57. The average molecular weight is 225 g/mol. The highest BCUT2D eigenvalue weighted by Crippen LogP contribution is 2.28. The zero-order valence-electron chi connectivity index (χ0n) is 8.08. The van der Waals surface area contributed by atoms with E-state index in [4.69, 9.17) is 21.1 Å². The molecule has 0 aliphatic rings. The lowest BCUT2D eigenvalue weighted by molar-refractivity contribution is 0.0663. The van der Waals surface area contributed by atoms with E-state index in [1.165, 1.54) is 0 Å². The number of aryl methyl sites for hydroxylation is 1. The molecule has 1 aromatic carbocycles. The molecular weight excluding hydrogens is 216 g/mol. The van der Waals surface area contributed by atoms with Gasteiger partial charge in [0.15, 0.2) is 0 Å². The lowest BCUT2D eigenvalue weighted by Gasteiger charge is -1.94. The molecule has 0 amide bonds. The van der Waals surface area contributed by atoms with Crippen LogP contribution in [0.2, 0.25) is 5.02 Å². The van der Waals surface area contributed by atoms with Gasteiger partial charge in [-0.1, -0.05) is 18.5 Å². The molecule has 0 fully saturated rings. The molecule has 3 nitrogen and oxygen atoms in total. The number of hydrogen-bond donors (Lipinski definition) is 1. The first-order chi connectivity index (χ1) is 7.13. The van der Waals surface area contributed by atoms with E-state index < -0.39 is 5.97 Å². The average Bonchev–Trinajstić information content (AvgIpc) is 2.55. The number of fused-ring (bicyclic) bond motifs is 1. The van der Waals surface area contributed by atoms with Crippen molar-refractivity contribution in [1.29, 1.82) is 0 Å². The fourth-order valence-electron chi connectivity index (χ4n) is 1.64. The first kappa shape index (κ1) is 10.1. The Morgan fingerprint density at radius 2 is 2.27 bits per heavy atom. The molecule has 0 saturated carbocycles. The van der Waals surface area contributed by atoms with Crippen LogP contribution in [0.25, 0.3) is 11.0 Å². The SMILES string of the molecule is CCc1c(C(=O)O)oc2ccc(Cl)cc12. The van der Waals surface area contributed by atoms with Crippen LogP contribution in [0.3, 0.4) is 0 Å². The molecule has 0 aliphatic heterocycles. The van der Waals surface area contributed by atoms with E-state index in [9.17, 15) is 4.79 Å². The topological polar surface area (TPSA) is 50.4 Å². The summed E-state index contributed by atoms with van der Waals surface area (Å²) in [7, 11) is 0. The molecule has 1 N–H and O–H groups in total. The van der Waals surface area contributed by atoms with Crippen LogP contribution in [-0.2, 0) is 6.42 Å². The molecule has 15 heavy (non-hydrogen) atoms. The monoisotopic (exact) mass is 224 g/mol. The zero-order valence-corrected chi connectivity index (χ0v) is 8.84. The van der Waals surface area contributed by atoms with Gasteiger partial charge in [-0.05, 0) is 24.6 Å². The molecule has 0 radical (unpaired) electrons. The predicted molar refractivity (Wildman–Crippen MR) is 57.6 cm³/mol. The summed E-state index contributed by atoms with van der Waals surface area (Å²) in [5.41, 5.74) is 1.26. The van der Waals surface area contributed by atoms with Crippen LogP contribution in [0, 0.1) is 0 Å². The Kier molecular flexibility index (Phi) is 2.40. The summed E-state index contributed by atoms with van der Waals surface area (Å²) >= 11 is 5.85. The minimum absolute atomic E-state index is 0.00904. The van der Waals surface area contributed by atoms with Crippen molar-refractivity contribution >= 4 is 28.5 Å². The van der Waals surface area contributed by atoms with Gasteiger partial charge in [-0.2, -0.15) is 0 Å². The second kappa shape index (κ2) is 3.59. The molecular formula is C11H9ClO3. The molecule has 78 valence electrons. The van der Waals surface area contributed by atoms with Crippen LogP contribution in [0.4, 0.5) is 0 Å². The quantitative estimate of drug-likeness (QED) is 0.851. The molecule has 1 aromatic heterocycles. The molecule has 0 unspecified atom stereocenters. The van der Waals surface area contributed by atoms with Crippen molar-refractivity contribution < 1.29 is 14.3 Å². The summed E-state index contributed by atoms with van der Waals surface area (Å²) in [6.07, 6.45) is 0.606. The largest absolute Gasteiger partial charge is 0.475 e. The normalized spacial score (nSPS) is 10.8. The third kappa shape index (κ3) is 1.59. The van der Waals surface area contributed by atoms with Gasteiger partial charge in [0, 0.05) is 16.0 Å². The van der Waals surface area contributed by atoms with Crippen LogP contribution in [-0.4, -0.2) is 11.1 Å². The highest BCUT2D eigenvalue weighted by molar-refractivity contribution is 6.31. The van der Waals surface area contributed by atoms with Crippen molar-refractivity contribution in [3.05, 3.63) is 34.5 Å². The van der Waals surface area contributed by atoms with Crippen molar-refractivity contribution in [2.45, 2.75) is 13.3 Å². The zero-order chi connectivity index (χ0) is 11.0. The summed E-state index contributed by atoms with van der Waals surface area (Å²) in [6, 6.07) is 5.09. The maximum atomic E-state index is 10.9. The maximum absolute atomic E-state index is 10.9. The van der Waals surface area contributed by atoms with Crippen molar-refractivity contribution in [3.8, 4) is 0 Å². The molecule has 4 heteroatoms. The van der Waals surface area contributed by atoms with E-state index in [1.54, 1.807) is 18.2 Å². The van der Waals surface area contributed by atoms with Gasteiger partial charge in [-0.15, -0.1) is 0 Å². The Morgan fingerprint density at radius 3 is 2.87 bits per heavy atom. The van der Waals surface area contributed by atoms with Gasteiger partial charge in [0.1, 0.15) is 5.58 Å².